The summed E-state index contributed by atoms with van der Waals surface area (Å²) in [5.41, 5.74) is 4.07. The smallest absolute Gasteiger partial charge is 0.410 e. The lowest BCUT2D eigenvalue weighted by molar-refractivity contribution is 0.0198. The lowest BCUT2D eigenvalue weighted by atomic mass is 9.90. The summed E-state index contributed by atoms with van der Waals surface area (Å²) in [7, 11) is 2.05. The fraction of sp³-hybridized carbons (Fsp3) is 0.579. The molecule has 2 aromatic heterocycles. The average molecular weight is 329 g/mol. The van der Waals surface area contributed by atoms with Gasteiger partial charge in [0, 0.05) is 37.9 Å². The SMILES string of the molecule is Cc1cc(C2CCCN(C(=O)OC(C)(C)C)C2)c2c(ccn2C)n1. The van der Waals surface area contributed by atoms with Crippen LogP contribution in [0.5, 0.6) is 0 Å². The molecule has 1 fully saturated rings. The van der Waals surface area contributed by atoms with Crippen molar-refractivity contribution in [2.75, 3.05) is 13.1 Å². The maximum absolute atomic E-state index is 12.4. The first-order valence-electron chi connectivity index (χ1n) is 8.65. The highest BCUT2D eigenvalue weighted by atomic mass is 16.6. The summed E-state index contributed by atoms with van der Waals surface area (Å²) in [5, 5.41) is 0. The summed E-state index contributed by atoms with van der Waals surface area (Å²) in [6.07, 6.45) is 3.93. The molecule has 1 aliphatic heterocycles. The molecule has 1 saturated heterocycles. The highest BCUT2D eigenvalue weighted by molar-refractivity contribution is 5.80. The molecule has 5 nitrogen and oxygen atoms in total. The van der Waals surface area contributed by atoms with Gasteiger partial charge in [0.2, 0.25) is 0 Å². The minimum absolute atomic E-state index is 0.207. The summed E-state index contributed by atoms with van der Waals surface area (Å²) < 4.78 is 7.68. The van der Waals surface area contributed by atoms with Crippen molar-refractivity contribution in [1.29, 1.82) is 0 Å². The Morgan fingerprint density at radius 2 is 2.12 bits per heavy atom. The van der Waals surface area contributed by atoms with Crippen LogP contribution in [0.2, 0.25) is 0 Å². The standard InChI is InChI=1S/C19H27N3O2/c1-13-11-15(17-16(20-13)8-10-21(17)5)14-7-6-9-22(12-14)18(23)24-19(2,3)4/h8,10-11,14H,6-7,9,12H2,1-5H3. The Morgan fingerprint density at radius 3 is 2.83 bits per heavy atom. The van der Waals surface area contributed by atoms with Crippen molar-refractivity contribution < 1.29 is 9.53 Å². The predicted octanol–water partition coefficient (Wildman–Crippen LogP) is 4.00. The molecule has 24 heavy (non-hydrogen) atoms. The molecule has 3 rings (SSSR count). The molecule has 0 N–H and O–H groups in total. The zero-order valence-corrected chi connectivity index (χ0v) is 15.3. The van der Waals surface area contributed by atoms with Crippen LogP contribution in [0.1, 0.15) is 50.8 Å². The second-order valence-corrected chi connectivity index (χ2v) is 7.78. The molecule has 1 aliphatic rings. The molecule has 1 unspecified atom stereocenters. The van der Waals surface area contributed by atoms with Crippen LogP contribution in [-0.4, -0.2) is 39.2 Å². The van der Waals surface area contributed by atoms with E-state index in [2.05, 4.69) is 34.9 Å². The van der Waals surface area contributed by atoms with Crippen LogP contribution >= 0.6 is 0 Å². The number of likely N-dealkylation sites (tertiary alicyclic amines) is 1. The molecule has 0 radical (unpaired) electrons. The molecule has 0 aromatic carbocycles. The normalized spacial score (nSPS) is 18.9. The third-order valence-corrected chi connectivity index (χ3v) is 4.50. The van der Waals surface area contributed by atoms with E-state index in [0.29, 0.717) is 12.5 Å². The highest BCUT2D eigenvalue weighted by Gasteiger charge is 2.29. The van der Waals surface area contributed by atoms with Gasteiger partial charge in [-0.3, -0.25) is 4.98 Å². The Kier molecular flexibility index (Phi) is 4.28. The number of rotatable bonds is 1. The fourth-order valence-corrected chi connectivity index (χ4v) is 3.51. The molecule has 2 aromatic rings. The second-order valence-electron chi connectivity index (χ2n) is 7.78. The van der Waals surface area contributed by atoms with Crippen LogP contribution in [0.25, 0.3) is 11.0 Å². The molecule has 0 spiro atoms. The molecule has 1 atom stereocenters. The van der Waals surface area contributed by atoms with Crippen molar-refractivity contribution >= 4 is 17.1 Å². The van der Waals surface area contributed by atoms with Crippen molar-refractivity contribution in [3.8, 4) is 0 Å². The number of hydrogen-bond donors (Lipinski definition) is 0. The first kappa shape index (κ1) is 16.8. The second kappa shape index (κ2) is 6.11. The number of nitrogens with zero attached hydrogens (tertiary/aromatic N) is 3. The van der Waals surface area contributed by atoms with Crippen molar-refractivity contribution in [2.45, 2.75) is 52.1 Å². The van der Waals surface area contributed by atoms with E-state index in [1.807, 2.05) is 32.6 Å². The number of pyridine rings is 1. The number of piperidine rings is 1. The van der Waals surface area contributed by atoms with Gasteiger partial charge in [0.1, 0.15) is 5.60 Å². The van der Waals surface area contributed by atoms with Gasteiger partial charge in [-0.25, -0.2) is 4.79 Å². The van der Waals surface area contributed by atoms with Crippen LogP contribution in [0, 0.1) is 6.92 Å². The number of ether oxygens (including phenoxy) is 1. The molecule has 0 bridgehead atoms. The van der Waals surface area contributed by atoms with E-state index >= 15 is 0 Å². The van der Waals surface area contributed by atoms with Gasteiger partial charge in [0.25, 0.3) is 0 Å². The predicted molar refractivity (Wildman–Crippen MR) is 95.2 cm³/mol. The average Bonchev–Trinajstić information content (AvgIpc) is 2.86. The fourth-order valence-electron chi connectivity index (χ4n) is 3.51. The van der Waals surface area contributed by atoms with E-state index in [1.54, 1.807) is 0 Å². The van der Waals surface area contributed by atoms with Gasteiger partial charge >= 0.3 is 6.09 Å². The van der Waals surface area contributed by atoms with Gasteiger partial charge in [0.15, 0.2) is 0 Å². The first-order chi connectivity index (χ1) is 11.2. The minimum atomic E-state index is -0.456. The maximum Gasteiger partial charge on any atom is 0.410 e. The Morgan fingerprint density at radius 1 is 1.38 bits per heavy atom. The van der Waals surface area contributed by atoms with E-state index in [0.717, 1.165) is 30.6 Å². The third-order valence-electron chi connectivity index (χ3n) is 4.50. The van der Waals surface area contributed by atoms with E-state index < -0.39 is 5.60 Å². The Bertz CT molecular complexity index is 758. The summed E-state index contributed by atoms with van der Waals surface area (Å²) in [6, 6.07) is 4.23. The monoisotopic (exact) mass is 329 g/mol. The third kappa shape index (κ3) is 3.40. The van der Waals surface area contributed by atoms with Gasteiger partial charge in [-0.05, 0) is 58.2 Å². The van der Waals surface area contributed by atoms with Crippen LogP contribution in [0.3, 0.4) is 0 Å². The number of aromatic nitrogens is 2. The van der Waals surface area contributed by atoms with Gasteiger partial charge < -0.3 is 14.2 Å². The van der Waals surface area contributed by atoms with Gasteiger partial charge in [0.05, 0.1) is 11.0 Å². The number of hydrogen-bond acceptors (Lipinski definition) is 3. The van der Waals surface area contributed by atoms with Gasteiger partial charge in [-0.15, -0.1) is 0 Å². The molecule has 130 valence electrons. The van der Waals surface area contributed by atoms with E-state index in [4.69, 9.17) is 4.74 Å². The van der Waals surface area contributed by atoms with Crippen LogP contribution in [-0.2, 0) is 11.8 Å². The number of carbonyl (C=O) groups excluding carboxylic acids is 1. The molecular weight excluding hydrogens is 302 g/mol. The van der Waals surface area contributed by atoms with Crippen molar-refractivity contribution in [3.63, 3.8) is 0 Å². The Hall–Kier alpha value is -2.04. The quantitative estimate of drug-likeness (QED) is 0.794. The van der Waals surface area contributed by atoms with Crippen molar-refractivity contribution in [1.82, 2.24) is 14.5 Å². The lowest BCUT2D eigenvalue weighted by Crippen LogP contribution is -2.42. The minimum Gasteiger partial charge on any atom is -0.444 e. The van der Waals surface area contributed by atoms with E-state index in [9.17, 15) is 4.79 Å². The zero-order chi connectivity index (χ0) is 17.5. The molecule has 0 saturated carbocycles. The summed E-state index contributed by atoms with van der Waals surface area (Å²) >= 11 is 0. The van der Waals surface area contributed by atoms with Gasteiger partial charge in [-0.2, -0.15) is 0 Å². The first-order valence-corrected chi connectivity index (χ1v) is 8.65. The van der Waals surface area contributed by atoms with Crippen molar-refractivity contribution in [3.05, 3.63) is 29.6 Å². The molecule has 5 heteroatoms. The molecular formula is C19H27N3O2. The van der Waals surface area contributed by atoms with Crippen LogP contribution < -0.4 is 0 Å². The molecule has 0 aliphatic carbocycles. The largest absolute Gasteiger partial charge is 0.444 e. The number of carbonyl (C=O) groups is 1. The number of amides is 1. The van der Waals surface area contributed by atoms with E-state index in [1.165, 1.54) is 11.1 Å². The zero-order valence-electron chi connectivity index (χ0n) is 15.3. The van der Waals surface area contributed by atoms with Crippen molar-refractivity contribution in [2.24, 2.45) is 7.05 Å². The van der Waals surface area contributed by atoms with Crippen LogP contribution in [0.4, 0.5) is 4.79 Å². The van der Waals surface area contributed by atoms with E-state index in [-0.39, 0.29) is 6.09 Å². The Labute approximate surface area is 143 Å². The highest BCUT2D eigenvalue weighted by Crippen LogP contribution is 2.33. The number of aryl methyl sites for hydroxylation is 2. The molecule has 3 heterocycles. The Balaban J connectivity index is 1.88. The molecule has 1 amide bonds. The summed E-state index contributed by atoms with van der Waals surface area (Å²) in [4.78, 5) is 18.9. The van der Waals surface area contributed by atoms with Crippen LogP contribution in [0.15, 0.2) is 18.3 Å². The summed E-state index contributed by atoms with van der Waals surface area (Å²) in [5.74, 6) is 0.323. The lowest BCUT2D eigenvalue weighted by Gasteiger charge is -2.34. The van der Waals surface area contributed by atoms with Gasteiger partial charge in [-0.1, -0.05) is 0 Å². The topological polar surface area (TPSA) is 47.4 Å². The summed E-state index contributed by atoms with van der Waals surface area (Å²) in [6.45, 7) is 9.24. The maximum atomic E-state index is 12.4. The number of fused-ring (bicyclic) bond motifs is 1.